The molecule has 2 heterocycles. The average molecular weight is 369 g/mol. The van der Waals surface area contributed by atoms with Crippen molar-refractivity contribution in [3.8, 4) is 11.3 Å². The highest BCUT2D eigenvalue weighted by atomic mass is 35.5. The SMILES string of the molecule is Cc1ccc(C(=O)Nc2nc(-c3cc(Cl)sc3Cl)cs2)cc1. The lowest BCUT2D eigenvalue weighted by Gasteiger charge is -2.01. The number of hydrogen-bond donors (Lipinski definition) is 1. The van der Waals surface area contributed by atoms with Crippen molar-refractivity contribution >= 4 is 56.9 Å². The Balaban J connectivity index is 1.78. The van der Waals surface area contributed by atoms with Crippen molar-refractivity contribution in [2.24, 2.45) is 0 Å². The molecule has 0 aliphatic heterocycles. The standard InChI is InChI=1S/C15H10Cl2N2OS2/c1-8-2-4-9(5-3-8)14(20)19-15-18-11(7-21-15)10-6-12(16)22-13(10)17/h2-7H,1H3,(H,18,19,20). The zero-order chi connectivity index (χ0) is 15.7. The molecule has 1 aromatic carbocycles. The number of amides is 1. The Hall–Kier alpha value is -1.40. The van der Waals surface area contributed by atoms with E-state index < -0.39 is 0 Å². The second-order valence-corrected chi connectivity index (χ2v) is 7.74. The molecule has 3 rings (SSSR count). The number of nitrogens with one attached hydrogen (secondary N) is 1. The Morgan fingerprint density at radius 2 is 1.95 bits per heavy atom. The summed E-state index contributed by atoms with van der Waals surface area (Å²) >= 11 is 14.7. The van der Waals surface area contributed by atoms with E-state index in [1.807, 2.05) is 24.4 Å². The van der Waals surface area contributed by atoms with Crippen molar-refractivity contribution in [1.82, 2.24) is 4.98 Å². The Bertz CT molecular complexity index is 824. The summed E-state index contributed by atoms with van der Waals surface area (Å²) in [4.78, 5) is 16.5. The zero-order valence-corrected chi connectivity index (χ0v) is 14.5. The lowest BCUT2D eigenvalue weighted by molar-refractivity contribution is 0.102. The van der Waals surface area contributed by atoms with E-state index in [4.69, 9.17) is 23.2 Å². The summed E-state index contributed by atoms with van der Waals surface area (Å²) in [5.41, 5.74) is 3.19. The van der Waals surface area contributed by atoms with Crippen molar-refractivity contribution in [2.45, 2.75) is 6.92 Å². The number of aromatic nitrogens is 1. The minimum atomic E-state index is -0.185. The zero-order valence-electron chi connectivity index (χ0n) is 11.4. The number of thiophene rings is 1. The van der Waals surface area contributed by atoms with E-state index in [1.165, 1.54) is 22.7 Å². The van der Waals surface area contributed by atoms with Gasteiger partial charge in [0.2, 0.25) is 0 Å². The molecule has 3 nitrogen and oxygen atoms in total. The molecule has 112 valence electrons. The second-order valence-electron chi connectivity index (χ2n) is 4.60. The van der Waals surface area contributed by atoms with Gasteiger partial charge in [0.15, 0.2) is 5.13 Å². The fourth-order valence-electron chi connectivity index (χ4n) is 1.84. The van der Waals surface area contributed by atoms with Gasteiger partial charge in [-0.1, -0.05) is 40.9 Å². The van der Waals surface area contributed by atoms with Crippen LogP contribution in [0.4, 0.5) is 5.13 Å². The monoisotopic (exact) mass is 368 g/mol. The third-order valence-electron chi connectivity index (χ3n) is 2.97. The molecule has 0 unspecified atom stereocenters. The Kier molecular flexibility index (Phi) is 4.49. The van der Waals surface area contributed by atoms with E-state index in [0.717, 1.165) is 11.1 Å². The number of carbonyl (C=O) groups is 1. The van der Waals surface area contributed by atoms with E-state index in [2.05, 4.69) is 10.3 Å². The van der Waals surface area contributed by atoms with Crippen LogP contribution in [-0.4, -0.2) is 10.9 Å². The van der Waals surface area contributed by atoms with Crippen molar-refractivity contribution < 1.29 is 4.79 Å². The maximum Gasteiger partial charge on any atom is 0.257 e. The fourth-order valence-corrected chi connectivity index (χ4v) is 4.03. The normalized spacial score (nSPS) is 10.7. The first-order chi connectivity index (χ1) is 10.5. The van der Waals surface area contributed by atoms with Gasteiger partial charge in [0.25, 0.3) is 5.91 Å². The first kappa shape index (κ1) is 15.5. The molecule has 0 aliphatic carbocycles. The number of benzene rings is 1. The highest BCUT2D eigenvalue weighted by Crippen LogP contribution is 2.39. The Morgan fingerprint density at radius 1 is 1.23 bits per heavy atom. The molecule has 0 radical (unpaired) electrons. The maximum absolute atomic E-state index is 12.2. The highest BCUT2D eigenvalue weighted by Gasteiger charge is 2.13. The minimum Gasteiger partial charge on any atom is -0.298 e. The van der Waals surface area contributed by atoms with Gasteiger partial charge in [0.1, 0.15) is 4.34 Å². The number of carbonyl (C=O) groups excluding carboxylic acids is 1. The molecule has 0 aliphatic rings. The second kappa shape index (κ2) is 6.38. The quantitative estimate of drug-likeness (QED) is 0.640. The van der Waals surface area contributed by atoms with Gasteiger partial charge in [-0.15, -0.1) is 22.7 Å². The predicted octanol–water partition coefficient (Wildman–Crippen LogP) is 5.74. The molecule has 3 aromatic rings. The summed E-state index contributed by atoms with van der Waals surface area (Å²) in [6.45, 7) is 1.98. The smallest absolute Gasteiger partial charge is 0.257 e. The Labute approximate surface area is 145 Å². The number of halogens is 2. The van der Waals surface area contributed by atoms with E-state index in [1.54, 1.807) is 18.2 Å². The Morgan fingerprint density at radius 3 is 2.59 bits per heavy atom. The lowest BCUT2D eigenvalue weighted by Crippen LogP contribution is -2.11. The average Bonchev–Trinajstić information content (AvgIpc) is 3.06. The molecule has 0 atom stereocenters. The van der Waals surface area contributed by atoms with Gasteiger partial charge in [0, 0.05) is 16.5 Å². The van der Waals surface area contributed by atoms with Gasteiger partial charge in [-0.25, -0.2) is 4.98 Å². The van der Waals surface area contributed by atoms with Crippen molar-refractivity contribution in [3.05, 3.63) is 55.5 Å². The molecule has 22 heavy (non-hydrogen) atoms. The van der Waals surface area contributed by atoms with Crippen LogP contribution in [0, 0.1) is 6.92 Å². The van der Waals surface area contributed by atoms with Crippen LogP contribution in [0.3, 0.4) is 0 Å². The largest absolute Gasteiger partial charge is 0.298 e. The van der Waals surface area contributed by atoms with E-state index in [-0.39, 0.29) is 5.91 Å². The number of rotatable bonds is 3. The van der Waals surface area contributed by atoms with Gasteiger partial charge in [0.05, 0.1) is 10.0 Å². The molecule has 0 saturated carbocycles. The molecule has 0 bridgehead atoms. The van der Waals surface area contributed by atoms with E-state index >= 15 is 0 Å². The van der Waals surface area contributed by atoms with Gasteiger partial charge < -0.3 is 0 Å². The summed E-state index contributed by atoms with van der Waals surface area (Å²) < 4.78 is 1.20. The molecule has 0 spiro atoms. The van der Waals surface area contributed by atoms with Gasteiger partial charge in [-0.3, -0.25) is 10.1 Å². The summed E-state index contributed by atoms with van der Waals surface area (Å²) in [6.07, 6.45) is 0. The molecule has 1 N–H and O–H groups in total. The third kappa shape index (κ3) is 3.33. The first-order valence-corrected chi connectivity index (χ1v) is 8.77. The fraction of sp³-hybridized carbons (Fsp3) is 0.0667. The molecular weight excluding hydrogens is 359 g/mol. The third-order valence-corrected chi connectivity index (χ3v) is 5.22. The minimum absolute atomic E-state index is 0.185. The number of hydrogen-bond acceptors (Lipinski definition) is 4. The topological polar surface area (TPSA) is 42.0 Å². The highest BCUT2D eigenvalue weighted by molar-refractivity contribution is 7.20. The van der Waals surface area contributed by atoms with Crippen LogP contribution in [0.15, 0.2) is 35.7 Å². The van der Waals surface area contributed by atoms with Crippen LogP contribution < -0.4 is 5.32 Å². The summed E-state index contributed by atoms with van der Waals surface area (Å²) in [5.74, 6) is -0.185. The summed E-state index contributed by atoms with van der Waals surface area (Å²) in [7, 11) is 0. The van der Waals surface area contributed by atoms with E-state index in [0.29, 0.717) is 25.1 Å². The molecule has 7 heteroatoms. The van der Waals surface area contributed by atoms with Crippen LogP contribution in [-0.2, 0) is 0 Å². The van der Waals surface area contributed by atoms with Crippen LogP contribution >= 0.6 is 45.9 Å². The van der Waals surface area contributed by atoms with Crippen LogP contribution in [0.25, 0.3) is 11.3 Å². The first-order valence-electron chi connectivity index (χ1n) is 6.31. The van der Waals surface area contributed by atoms with Gasteiger partial charge in [-0.2, -0.15) is 0 Å². The number of anilines is 1. The van der Waals surface area contributed by atoms with Crippen LogP contribution in [0.5, 0.6) is 0 Å². The lowest BCUT2D eigenvalue weighted by atomic mass is 10.1. The number of aryl methyl sites for hydroxylation is 1. The molecule has 1 amide bonds. The maximum atomic E-state index is 12.2. The van der Waals surface area contributed by atoms with Crippen molar-refractivity contribution in [3.63, 3.8) is 0 Å². The molecular formula is C15H10Cl2N2OS2. The predicted molar refractivity (Wildman–Crippen MR) is 94.6 cm³/mol. The summed E-state index contributed by atoms with van der Waals surface area (Å²) in [5, 5.41) is 5.16. The number of nitrogens with zero attached hydrogens (tertiary/aromatic N) is 1. The van der Waals surface area contributed by atoms with Crippen molar-refractivity contribution in [1.29, 1.82) is 0 Å². The van der Waals surface area contributed by atoms with E-state index in [9.17, 15) is 4.79 Å². The van der Waals surface area contributed by atoms with Crippen molar-refractivity contribution in [2.75, 3.05) is 5.32 Å². The summed E-state index contributed by atoms with van der Waals surface area (Å²) in [6, 6.07) is 9.14. The van der Waals surface area contributed by atoms with Gasteiger partial charge >= 0.3 is 0 Å². The van der Waals surface area contributed by atoms with Gasteiger partial charge in [-0.05, 0) is 25.1 Å². The molecule has 0 saturated heterocycles. The van der Waals surface area contributed by atoms with Crippen LogP contribution in [0.1, 0.15) is 15.9 Å². The molecule has 2 aromatic heterocycles. The molecule has 0 fully saturated rings. The number of thiazole rings is 1. The van der Waals surface area contributed by atoms with Crippen LogP contribution in [0.2, 0.25) is 8.67 Å².